The van der Waals surface area contributed by atoms with Gasteiger partial charge in [0.05, 0.1) is 22.5 Å². The second kappa shape index (κ2) is 9.73. The summed E-state index contributed by atoms with van der Waals surface area (Å²) in [7, 11) is 0. The smallest absolute Gasteiger partial charge is 0.372 e. The number of carboxylic acid groups (broad SMARTS) is 1. The van der Waals surface area contributed by atoms with Gasteiger partial charge in [-0.3, -0.25) is 19.6 Å². The highest BCUT2D eigenvalue weighted by Crippen LogP contribution is 2.16. The van der Waals surface area contributed by atoms with Gasteiger partial charge in [-0.05, 0) is 49.2 Å². The summed E-state index contributed by atoms with van der Waals surface area (Å²) < 4.78 is 6.18. The molecule has 15 heteroatoms. The summed E-state index contributed by atoms with van der Waals surface area (Å²) in [6.45, 7) is 3.04. The summed E-state index contributed by atoms with van der Waals surface area (Å²) in [6, 6.07) is 7.89. The van der Waals surface area contributed by atoms with Crippen LogP contribution in [0, 0.1) is 13.8 Å². The van der Waals surface area contributed by atoms with E-state index in [0.717, 1.165) is 16.9 Å². The van der Waals surface area contributed by atoms with E-state index in [1.807, 2.05) is 9.97 Å². The second-order valence-electron chi connectivity index (χ2n) is 7.85. The van der Waals surface area contributed by atoms with E-state index in [9.17, 15) is 38.7 Å². The molecule has 0 fully saturated rings. The van der Waals surface area contributed by atoms with Crippen LogP contribution in [0.4, 0.5) is 0 Å². The van der Waals surface area contributed by atoms with Gasteiger partial charge in [-0.15, -0.1) is 0 Å². The molecule has 192 valence electrons. The van der Waals surface area contributed by atoms with Gasteiger partial charge in [-0.2, -0.15) is 19.6 Å². The average molecular weight is 520 g/mol. The molecule has 0 radical (unpaired) electrons. The van der Waals surface area contributed by atoms with Crippen LogP contribution >= 0.6 is 0 Å². The SMILES string of the molecule is Cc1ccc(-n2nc(C(=O)OC(=O)c3cc(-n4ncc(=O)[nH]c4=O)ccc3C)c(=O)[nH]c2=O)cc1C(=O)O. The molecule has 0 atom stereocenters. The van der Waals surface area contributed by atoms with Gasteiger partial charge in [0, 0.05) is 0 Å². The fourth-order valence-electron chi connectivity index (χ4n) is 3.37. The Bertz CT molecular complexity index is 1880. The third kappa shape index (κ3) is 4.83. The van der Waals surface area contributed by atoms with Crippen molar-refractivity contribution < 1.29 is 24.2 Å². The summed E-state index contributed by atoms with van der Waals surface area (Å²) in [5.41, 5.74) is -4.49. The molecule has 0 spiro atoms. The average Bonchev–Trinajstić information content (AvgIpc) is 2.85. The van der Waals surface area contributed by atoms with Crippen LogP contribution in [0.2, 0.25) is 0 Å². The van der Waals surface area contributed by atoms with Gasteiger partial charge in [0.1, 0.15) is 6.20 Å². The first-order valence-electron chi connectivity index (χ1n) is 10.6. The second-order valence-corrected chi connectivity index (χ2v) is 7.85. The molecule has 0 saturated carbocycles. The van der Waals surface area contributed by atoms with Crippen molar-refractivity contribution in [2.24, 2.45) is 0 Å². The monoisotopic (exact) mass is 520 g/mol. The van der Waals surface area contributed by atoms with E-state index in [1.54, 1.807) is 0 Å². The number of benzene rings is 2. The van der Waals surface area contributed by atoms with E-state index < -0.39 is 46.1 Å². The van der Waals surface area contributed by atoms with Crippen molar-refractivity contribution in [2.75, 3.05) is 0 Å². The first-order valence-corrected chi connectivity index (χ1v) is 10.6. The number of carbonyl (C=O) groups is 3. The molecule has 2 aromatic carbocycles. The van der Waals surface area contributed by atoms with Gasteiger partial charge in [0.25, 0.3) is 11.1 Å². The normalized spacial score (nSPS) is 10.7. The third-order valence-electron chi connectivity index (χ3n) is 5.30. The summed E-state index contributed by atoms with van der Waals surface area (Å²) in [5.74, 6) is -3.99. The Morgan fingerprint density at radius 1 is 0.816 bits per heavy atom. The van der Waals surface area contributed by atoms with Crippen molar-refractivity contribution in [1.82, 2.24) is 29.5 Å². The van der Waals surface area contributed by atoms with Crippen LogP contribution in [0.5, 0.6) is 0 Å². The molecule has 38 heavy (non-hydrogen) atoms. The number of H-pyrrole nitrogens is 2. The molecular formula is C23H16N6O9. The molecule has 15 nitrogen and oxygen atoms in total. The number of hydrogen-bond acceptors (Lipinski definition) is 10. The van der Waals surface area contributed by atoms with E-state index in [2.05, 4.69) is 10.2 Å². The van der Waals surface area contributed by atoms with Gasteiger partial charge in [-0.25, -0.2) is 24.0 Å². The number of rotatable bonds is 5. The quantitative estimate of drug-likeness (QED) is 0.224. The lowest BCUT2D eigenvalue weighted by atomic mass is 10.1. The summed E-state index contributed by atoms with van der Waals surface area (Å²) >= 11 is 0. The molecule has 0 amide bonds. The summed E-state index contributed by atoms with van der Waals surface area (Å²) in [6.07, 6.45) is 0.850. The van der Waals surface area contributed by atoms with Crippen molar-refractivity contribution >= 4 is 17.9 Å². The zero-order valence-corrected chi connectivity index (χ0v) is 19.5. The van der Waals surface area contributed by atoms with Crippen molar-refractivity contribution in [1.29, 1.82) is 0 Å². The van der Waals surface area contributed by atoms with Crippen LogP contribution < -0.4 is 22.5 Å². The molecular weight excluding hydrogens is 504 g/mol. The topological polar surface area (TPSA) is 216 Å². The fraction of sp³-hybridized carbons (Fsp3) is 0.0870. The molecule has 3 N–H and O–H groups in total. The van der Waals surface area contributed by atoms with E-state index in [1.165, 1.54) is 44.2 Å². The molecule has 4 rings (SSSR count). The molecule has 0 aliphatic rings. The molecule has 4 aromatic rings. The lowest BCUT2D eigenvalue weighted by Crippen LogP contribution is -2.36. The molecule has 2 aromatic heterocycles. The zero-order chi connectivity index (χ0) is 27.7. The molecule has 0 aliphatic carbocycles. The van der Waals surface area contributed by atoms with Crippen molar-refractivity contribution in [2.45, 2.75) is 13.8 Å². The van der Waals surface area contributed by atoms with Crippen LogP contribution in [0.1, 0.15) is 42.3 Å². The number of aromatic carboxylic acids is 1. The summed E-state index contributed by atoms with van der Waals surface area (Å²) in [4.78, 5) is 88.7. The summed E-state index contributed by atoms with van der Waals surface area (Å²) in [5, 5.41) is 16.7. The molecule has 0 unspecified atom stereocenters. The minimum atomic E-state index is -1.50. The first-order chi connectivity index (χ1) is 18.0. The Morgan fingerprint density at radius 2 is 1.39 bits per heavy atom. The Balaban J connectivity index is 1.69. The van der Waals surface area contributed by atoms with Crippen molar-refractivity contribution in [3.05, 3.63) is 112 Å². The number of aromatic amines is 2. The highest BCUT2D eigenvalue weighted by atomic mass is 16.6. The Morgan fingerprint density at radius 3 is 2.03 bits per heavy atom. The van der Waals surface area contributed by atoms with Crippen LogP contribution in [0.3, 0.4) is 0 Å². The predicted octanol–water partition coefficient (Wildman–Crippen LogP) is -0.533. The number of nitrogens with zero attached hydrogens (tertiary/aromatic N) is 4. The van der Waals surface area contributed by atoms with Crippen LogP contribution in [-0.2, 0) is 4.74 Å². The standard InChI is InChI=1S/C23H16N6O9/c1-10-3-6-13(7-14(10)19(32)33)29-23(37)26-18(31)17(27-29)21(35)38-20(34)15-8-12(5-4-11(15)2)28-22(36)25-16(30)9-24-28/h3-9H,1-2H3,(H,32,33)(H,25,30,36)(H,26,31,37). The van der Waals surface area contributed by atoms with E-state index in [-0.39, 0.29) is 22.5 Å². The number of esters is 2. The first kappa shape index (κ1) is 25.4. The highest BCUT2D eigenvalue weighted by molar-refractivity contribution is 6.02. The largest absolute Gasteiger partial charge is 0.478 e. The molecule has 2 heterocycles. The molecule has 0 aliphatic heterocycles. The molecule has 0 saturated heterocycles. The Hall–Kier alpha value is -5.73. The van der Waals surface area contributed by atoms with Gasteiger partial charge in [-0.1, -0.05) is 12.1 Å². The van der Waals surface area contributed by atoms with Crippen LogP contribution in [0.25, 0.3) is 11.4 Å². The van der Waals surface area contributed by atoms with Gasteiger partial charge < -0.3 is 9.84 Å². The predicted molar refractivity (Wildman–Crippen MR) is 127 cm³/mol. The minimum absolute atomic E-state index is 0.0642. The van der Waals surface area contributed by atoms with Gasteiger partial charge >= 0.3 is 29.3 Å². The number of nitrogens with one attached hydrogen (secondary N) is 2. The van der Waals surface area contributed by atoms with Crippen molar-refractivity contribution in [3.63, 3.8) is 0 Å². The van der Waals surface area contributed by atoms with E-state index in [4.69, 9.17) is 4.74 Å². The number of ether oxygens (including phenoxy) is 1. The highest BCUT2D eigenvalue weighted by Gasteiger charge is 2.23. The van der Waals surface area contributed by atoms with Gasteiger partial charge in [0.2, 0.25) is 5.69 Å². The minimum Gasteiger partial charge on any atom is -0.478 e. The molecule has 0 bridgehead atoms. The lowest BCUT2D eigenvalue weighted by Gasteiger charge is -2.10. The number of carbonyl (C=O) groups excluding carboxylic acids is 2. The Labute approximate surface area is 209 Å². The van der Waals surface area contributed by atoms with E-state index in [0.29, 0.717) is 15.8 Å². The van der Waals surface area contributed by atoms with Crippen LogP contribution in [0.15, 0.2) is 61.8 Å². The maximum atomic E-state index is 12.8. The van der Waals surface area contributed by atoms with Crippen LogP contribution in [-0.4, -0.2) is 52.5 Å². The van der Waals surface area contributed by atoms with E-state index >= 15 is 0 Å². The number of aryl methyl sites for hydroxylation is 2. The number of carboxylic acids is 1. The number of hydrogen-bond donors (Lipinski definition) is 3. The number of aromatic nitrogens is 6. The van der Waals surface area contributed by atoms with Gasteiger partial charge in [0.15, 0.2) is 0 Å². The third-order valence-corrected chi connectivity index (χ3v) is 5.30. The Kier molecular flexibility index (Phi) is 6.49. The maximum absolute atomic E-state index is 12.8. The zero-order valence-electron chi connectivity index (χ0n) is 19.5. The fourth-order valence-corrected chi connectivity index (χ4v) is 3.37. The van der Waals surface area contributed by atoms with Crippen molar-refractivity contribution in [3.8, 4) is 11.4 Å². The maximum Gasteiger partial charge on any atom is 0.372 e. The lowest BCUT2D eigenvalue weighted by molar-refractivity contribution is 0.0389.